The highest BCUT2D eigenvalue weighted by Crippen LogP contribution is 2.31. The predicted molar refractivity (Wildman–Crippen MR) is 90.0 cm³/mol. The van der Waals surface area contributed by atoms with E-state index in [1.807, 2.05) is 4.90 Å². The van der Waals surface area contributed by atoms with Gasteiger partial charge in [-0.3, -0.25) is 0 Å². The maximum absolute atomic E-state index is 12.6. The molecule has 1 fully saturated rings. The van der Waals surface area contributed by atoms with Crippen molar-refractivity contribution < 1.29 is 26.3 Å². The normalized spacial score (nSPS) is 18.2. The van der Waals surface area contributed by atoms with Crippen LogP contribution in [-0.2, 0) is 16.0 Å². The lowest BCUT2D eigenvalue weighted by atomic mass is 10.3. The molecular weight excluding hydrogens is 369 g/mol. The number of anilines is 1. The first-order valence-electron chi connectivity index (χ1n) is 7.88. The average Bonchev–Trinajstić information content (AvgIpc) is 3.02. The lowest BCUT2D eigenvalue weighted by Gasteiger charge is -2.21. The molecule has 0 amide bonds. The average molecular weight is 386 g/mol. The van der Waals surface area contributed by atoms with Gasteiger partial charge >= 0.3 is 6.18 Å². The monoisotopic (exact) mass is 386 g/mol. The van der Waals surface area contributed by atoms with Gasteiger partial charge in [0.05, 0.1) is 22.7 Å². The van der Waals surface area contributed by atoms with Crippen LogP contribution in [0.5, 0.6) is 5.88 Å². The molecule has 0 bridgehead atoms. The van der Waals surface area contributed by atoms with Gasteiger partial charge in [0.2, 0.25) is 5.88 Å². The number of ether oxygens (including phenoxy) is 1. The van der Waals surface area contributed by atoms with E-state index in [4.69, 9.17) is 4.74 Å². The molecule has 5 nitrogen and oxygen atoms in total. The number of sulfone groups is 1. The van der Waals surface area contributed by atoms with Gasteiger partial charge < -0.3 is 9.64 Å². The highest BCUT2D eigenvalue weighted by atomic mass is 32.2. The van der Waals surface area contributed by atoms with Gasteiger partial charge in [0, 0.05) is 31.5 Å². The molecule has 2 heterocycles. The summed E-state index contributed by atoms with van der Waals surface area (Å²) < 4.78 is 67.2. The van der Waals surface area contributed by atoms with Crippen LogP contribution in [0.2, 0.25) is 0 Å². The summed E-state index contributed by atoms with van der Waals surface area (Å²) in [5.74, 6) is 0.112. The van der Waals surface area contributed by atoms with Gasteiger partial charge in [-0.15, -0.1) is 0 Å². The van der Waals surface area contributed by atoms with Crippen LogP contribution in [0, 0.1) is 0 Å². The molecule has 1 unspecified atom stereocenters. The van der Waals surface area contributed by atoms with Gasteiger partial charge in [-0.25, -0.2) is 13.4 Å². The first kappa shape index (κ1) is 18.5. The number of nitrogens with zero attached hydrogens (tertiary/aromatic N) is 2. The van der Waals surface area contributed by atoms with E-state index >= 15 is 0 Å². The molecule has 0 radical (unpaired) electrons. The summed E-state index contributed by atoms with van der Waals surface area (Å²) in [6, 6.07) is 8.82. The molecule has 3 rings (SSSR count). The number of benzene rings is 1. The van der Waals surface area contributed by atoms with Gasteiger partial charge in [-0.1, -0.05) is 12.1 Å². The standard InChI is InChI=1S/C17H17F3N2O3S/c1-26(23,24)15-5-3-2-4-14(15)22-9-8-13(11-22)25-16-7-6-12(10-21-16)17(18,19)20/h2-7,10,13H,8-9,11H2,1H3. The SMILES string of the molecule is CS(=O)(=O)c1ccccc1N1CCC(Oc2ccc(C(F)(F)F)cn2)C1. The van der Waals surface area contributed by atoms with Gasteiger partial charge in [-0.2, -0.15) is 13.2 Å². The fourth-order valence-corrected chi connectivity index (χ4v) is 3.77. The third-order valence-electron chi connectivity index (χ3n) is 4.10. The second-order valence-electron chi connectivity index (χ2n) is 6.10. The largest absolute Gasteiger partial charge is 0.472 e. The highest BCUT2D eigenvalue weighted by Gasteiger charge is 2.31. The Morgan fingerprint density at radius 3 is 2.54 bits per heavy atom. The summed E-state index contributed by atoms with van der Waals surface area (Å²) in [4.78, 5) is 5.84. The van der Waals surface area contributed by atoms with Crippen molar-refractivity contribution >= 4 is 15.5 Å². The molecule has 140 valence electrons. The molecule has 1 aliphatic rings. The second-order valence-corrected chi connectivity index (χ2v) is 8.08. The molecule has 1 aromatic heterocycles. The van der Waals surface area contributed by atoms with Crippen molar-refractivity contribution in [2.75, 3.05) is 24.2 Å². The molecule has 0 spiro atoms. The molecule has 1 aliphatic heterocycles. The zero-order valence-corrected chi connectivity index (χ0v) is 14.7. The Labute approximate surface area is 149 Å². The molecule has 1 aromatic carbocycles. The fourth-order valence-electron chi connectivity index (χ4n) is 2.86. The van der Waals surface area contributed by atoms with E-state index in [0.29, 0.717) is 25.2 Å². The lowest BCUT2D eigenvalue weighted by Crippen LogP contribution is -2.26. The Hall–Kier alpha value is -2.29. The maximum Gasteiger partial charge on any atom is 0.417 e. The third-order valence-corrected chi connectivity index (χ3v) is 5.25. The molecule has 2 aromatic rings. The number of aromatic nitrogens is 1. The number of halogens is 3. The Bertz CT molecular complexity index is 883. The van der Waals surface area contributed by atoms with E-state index in [2.05, 4.69) is 4.98 Å². The summed E-state index contributed by atoms with van der Waals surface area (Å²) >= 11 is 0. The van der Waals surface area contributed by atoms with Gasteiger partial charge in [0.1, 0.15) is 6.10 Å². The Morgan fingerprint density at radius 1 is 1.19 bits per heavy atom. The van der Waals surface area contributed by atoms with Gasteiger partial charge in [0.15, 0.2) is 9.84 Å². The van der Waals surface area contributed by atoms with E-state index in [1.165, 1.54) is 6.07 Å². The Kier molecular flexibility index (Phi) is 4.83. The van der Waals surface area contributed by atoms with E-state index in [9.17, 15) is 21.6 Å². The molecule has 1 saturated heterocycles. The van der Waals surface area contributed by atoms with Gasteiger partial charge in [-0.05, 0) is 18.2 Å². The van der Waals surface area contributed by atoms with Crippen LogP contribution in [0.3, 0.4) is 0 Å². The van der Waals surface area contributed by atoms with Gasteiger partial charge in [0.25, 0.3) is 0 Å². The first-order valence-corrected chi connectivity index (χ1v) is 9.77. The Balaban J connectivity index is 1.70. The first-order chi connectivity index (χ1) is 12.1. The van der Waals surface area contributed by atoms with Crippen LogP contribution in [0.25, 0.3) is 0 Å². The lowest BCUT2D eigenvalue weighted by molar-refractivity contribution is -0.137. The summed E-state index contributed by atoms with van der Waals surface area (Å²) in [6.45, 7) is 1.01. The summed E-state index contributed by atoms with van der Waals surface area (Å²) in [5, 5.41) is 0. The van der Waals surface area contributed by atoms with Crippen molar-refractivity contribution in [1.29, 1.82) is 0 Å². The molecular formula is C17H17F3N2O3S. The molecule has 0 N–H and O–H groups in total. The molecule has 0 aliphatic carbocycles. The molecule has 1 atom stereocenters. The number of hydrogen-bond acceptors (Lipinski definition) is 5. The molecule has 9 heteroatoms. The van der Waals surface area contributed by atoms with Crippen molar-refractivity contribution in [3.8, 4) is 5.88 Å². The number of pyridine rings is 1. The maximum atomic E-state index is 12.6. The number of para-hydroxylation sites is 1. The quantitative estimate of drug-likeness (QED) is 0.808. The van der Waals surface area contributed by atoms with E-state index in [1.54, 1.807) is 24.3 Å². The van der Waals surface area contributed by atoms with Crippen molar-refractivity contribution in [1.82, 2.24) is 4.98 Å². The van der Waals surface area contributed by atoms with Crippen LogP contribution >= 0.6 is 0 Å². The molecule has 26 heavy (non-hydrogen) atoms. The number of alkyl halides is 3. The minimum Gasteiger partial charge on any atom is -0.472 e. The minimum absolute atomic E-state index is 0.112. The Morgan fingerprint density at radius 2 is 1.92 bits per heavy atom. The second kappa shape index (κ2) is 6.79. The van der Waals surface area contributed by atoms with Crippen LogP contribution in [-0.4, -0.2) is 38.9 Å². The smallest absolute Gasteiger partial charge is 0.417 e. The summed E-state index contributed by atoms with van der Waals surface area (Å²) in [6.07, 6.45) is -2.22. The zero-order valence-electron chi connectivity index (χ0n) is 13.9. The fraction of sp³-hybridized carbons (Fsp3) is 0.353. The van der Waals surface area contributed by atoms with Crippen molar-refractivity contribution in [2.45, 2.75) is 23.6 Å². The van der Waals surface area contributed by atoms with E-state index < -0.39 is 21.6 Å². The van der Waals surface area contributed by atoms with Crippen molar-refractivity contribution in [2.24, 2.45) is 0 Å². The zero-order chi connectivity index (χ0) is 18.9. The number of hydrogen-bond donors (Lipinski definition) is 0. The van der Waals surface area contributed by atoms with Crippen molar-refractivity contribution in [3.63, 3.8) is 0 Å². The predicted octanol–water partition coefficient (Wildman–Crippen LogP) is 3.16. The van der Waals surface area contributed by atoms with Crippen molar-refractivity contribution in [3.05, 3.63) is 48.2 Å². The molecule has 0 saturated carbocycles. The number of rotatable bonds is 4. The van der Waals surface area contributed by atoms with Crippen LogP contribution in [0.4, 0.5) is 18.9 Å². The van der Waals surface area contributed by atoms with Crippen LogP contribution < -0.4 is 9.64 Å². The third kappa shape index (κ3) is 4.09. The van der Waals surface area contributed by atoms with E-state index in [-0.39, 0.29) is 16.9 Å². The minimum atomic E-state index is -4.44. The highest BCUT2D eigenvalue weighted by molar-refractivity contribution is 7.90. The van der Waals surface area contributed by atoms with Crippen LogP contribution in [0.1, 0.15) is 12.0 Å². The van der Waals surface area contributed by atoms with E-state index in [0.717, 1.165) is 18.5 Å². The van der Waals surface area contributed by atoms with Crippen LogP contribution in [0.15, 0.2) is 47.5 Å². The summed E-state index contributed by atoms with van der Waals surface area (Å²) in [7, 11) is -3.37. The topological polar surface area (TPSA) is 59.5 Å². The summed E-state index contributed by atoms with van der Waals surface area (Å²) in [5.41, 5.74) is -0.235.